The largest absolute Gasteiger partial charge is 0.489 e. The van der Waals surface area contributed by atoms with Crippen molar-refractivity contribution in [3.05, 3.63) is 64.7 Å². The number of thioether (sulfide) groups is 1. The monoisotopic (exact) mass is 523 g/mol. The van der Waals surface area contributed by atoms with Crippen molar-refractivity contribution in [2.45, 2.75) is 57.1 Å². The number of amides is 4. The first-order valence-electron chi connectivity index (χ1n) is 12.6. The fourth-order valence-electron chi connectivity index (χ4n) is 4.82. The molecule has 8 nitrogen and oxygen atoms in total. The third kappa shape index (κ3) is 6.59. The lowest BCUT2D eigenvalue weighted by Gasteiger charge is -2.31. The van der Waals surface area contributed by atoms with E-state index in [1.54, 1.807) is 25.1 Å². The Morgan fingerprint density at radius 1 is 1.11 bits per heavy atom. The van der Waals surface area contributed by atoms with Crippen LogP contribution in [0, 0.1) is 6.92 Å². The second-order valence-corrected chi connectivity index (χ2v) is 10.7. The molecular weight excluding hydrogens is 490 g/mol. The van der Waals surface area contributed by atoms with Crippen molar-refractivity contribution in [3.63, 3.8) is 0 Å². The average molecular weight is 524 g/mol. The maximum atomic E-state index is 13.2. The van der Waals surface area contributed by atoms with Crippen LogP contribution in [-0.4, -0.2) is 64.6 Å². The van der Waals surface area contributed by atoms with Crippen LogP contribution < -0.4 is 10.1 Å². The summed E-state index contributed by atoms with van der Waals surface area (Å²) in [5.41, 5.74) is 3.14. The van der Waals surface area contributed by atoms with Gasteiger partial charge in [0, 0.05) is 29.3 Å². The molecule has 2 aromatic carbocycles. The highest BCUT2D eigenvalue weighted by atomic mass is 32.2. The molecule has 2 aliphatic heterocycles. The summed E-state index contributed by atoms with van der Waals surface area (Å²) in [5.74, 6) is -1.12. The standard InChI is InChI=1S/C28H33N3O5S/c1-19-23(28(35)31(18-32)24-10-11-26(33)29-27(24)34)4-3-5-25(19)36-17-21-8-6-20(7-9-21)16-30-14-12-22(37-2)13-15-30/h3-9,18,22,24H,10-17H2,1-2H3,(H,29,33,34). The van der Waals surface area contributed by atoms with E-state index in [4.69, 9.17) is 4.74 Å². The number of nitrogens with zero attached hydrogens (tertiary/aromatic N) is 2. The average Bonchev–Trinajstić information content (AvgIpc) is 2.91. The van der Waals surface area contributed by atoms with E-state index in [2.05, 4.69) is 40.7 Å². The van der Waals surface area contributed by atoms with E-state index >= 15 is 0 Å². The number of ether oxygens (including phenoxy) is 1. The first-order chi connectivity index (χ1) is 17.9. The lowest BCUT2D eigenvalue weighted by atomic mass is 10.0. The van der Waals surface area contributed by atoms with Crippen LogP contribution in [0.15, 0.2) is 42.5 Å². The highest BCUT2D eigenvalue weighted by molar-refractivity contribution is 7.99. The van der Waals surface area contributed by atoms with E-state index in [1.165, 1.54) is 18.4 Å². The van der Waals surface area contributed by atoms with Crippen molar-refractivity contribution in [1.29, 1.82) is 0 Å². The molecule has 1 atom stereocenters. The first-order valence-corrected chi connectivity index (χ1v) is 13.9. The van der Waals surface area contributed by atoms with Crippen molar-refractivity contribution in [2.75, 3.05) is 19.3 Å². The summed E-state index contributed by atoms with van der Waals surface area (Å²) in [6.07, 6.45) is 5.21. The van der Waals surface area contributed by atoms with Gasteiger partial charge in [-0.2, -0.15) is 11.8 Å². The zero-order valence-corrected chi connectivity index (χ0v) is 22.1. The molecule has 1 N–H and O–H groups in total. The molecule has 2 aliphatic rings. The smallest absolute Gasteiger partial charge is 0.261 e. The lowest BCUT2D eigenvalue weighted by Crippen LogP contribution is -2.53. The Hall–Kier alpha value is -3.17. The van der Waals surface area contributed by atoms with Crippen LogP contribution in [0.1, 0.15) is 52.7 Å². The molecule has 4 amide bonds. The quantitative estimate of drug-likeness (QED) is 0.398. The minimum absolute atomic E-state index is 0.0749. The van der Waals surface area contributed by atoms with E-state index in [1.807, 2.05) is 11.8 Å². The molecule has 196 valence electrons. The lowest BCUT2D eigenvalue weighted by molar-refractivity contribution is -0.139. The summed E-state index contributed by atoms with van der Waals surface area (Å²) in [6, 6.07) is 12.4. The Morgan fingerprint density at radius 2 is 1.81 bits per heavy atom. The van der Waals surface area contributed by atoms with Gasteiger partial charge < -0.3 is 4.74 Å². The number of carbonyl (C=O) groups excluding carboxylic acids is 4. The molecule has 9 heteroatoms. The van der Waals surface area contributed by atoms with Gasteiger partial charge in [-0.3, -0.25) is 34.3 Å². The fraction of sp³-hybridized carbons (Fsp3) is 0.429. The summed E-state index contributed by atoms with van der Waals surface area (Å²) < 4.78 is 6.03. The maximum Gasteiger partial charge on any atom is 0.261 e. The van der Waals surface area contributed by atoms with E-state index in [0.717, 1.165) is 35.3 Å². The van der Waals surface area contributed by atoms with E-state index in [0.29, 0.717) is 24.3 Å². The van der Waals surface area contributed by atoms with Crippen molar-refractivity contribution in [2.24, 2.45) is 0 Å². The second kappa shape index (κ2) is 12.4. The van der Waals surface area contributed by atoms with Gasteiger partial charge in [-0.15, -0.1) is 0 Å². The maximum absolute atomic E-state index is 13.2. The number of benzene rings is 2. The summed E-state index contributed by atoms with van der Waals surface area (Å²) >= 11 is 1.97. The molecule has 0 spiro atoms. The molecule has 1 unspecified atom stereocenters. The van der Waals surface area contributed by atoms with Gasteiger partial charge in [0.15, 0.2) is 0 Å². The molecule has 0 bridgehead atoms. The summed E-state index contributed by atoms with van der Waals surface area (Å²) in [4.78, 5) is 51.9. The van der Waals surface area contributed by atoms with Crippen LogP contribution in [-0.2, 0) is 27.5 Å². The third-order valence-corrected chi connectivity index (χ3v) is 8.24. The molecule has 2 saturated heterocycles. The zero-order chi connectivity index (χ0) is 26.4. The van der Waals surface area contributed by atoms with Gasteiger partial charge in [0.2, 0.25) is 18.2 Å². The third-order valence-electron chi connectivity index (χ3n) is 7.10. The normalized spacial score (nSPS) is 18.8. The molecule has 2 aromatic rings. The van der Waals surface area contributed by atoms with Gasteiger partial charge in [-0.05, 0) is 68.8 Å². The van der Waals surface area contributed by atoms with Crippen LogP contribution in [0.25, 0.3) is 0 Å². The minimum atomic E-state index is -1.01. The fourth-order valence-corrected chi connectivity index (χ4v) is 5.50. The molecule has 0 radical (unpaired) electrons. The number of nitrogens with one attached hydrogen (secondary N) is 1. The number of likely N-dealkylation sites (tertiary alicyclic amines) is 1. The Bertz CT molecular complexity index is 1150. The molecule has 37 heavy (non-hydrogen) atoms. The Balaban J connectivity index is 1.37. The number of rotatable bonds is 9. The zero-order valence-electron chi connectivity index (χ0n) is 21.3. The summed E-state index contributed by atoms with van der Waals surface area (Å²) in [5, 5.41) is 2.97. The van der Waals surface area contributed by atoms with Crippen LogP contribution in [0.2, 0.25) is 0 Å². The van der Waals surface area contributed by atoms with Gasteiger partial charge in [-0.1, -0.05) is 30.3 Å². The predicted octanol–water partition coefficient (Wildman–Crippen LogP) is 3.31. The van der Waals surface area contributed by atoms with Crippen LogP contribution in [0.3, 0.4) is 0 Å². The molecule has 2 heterocycles. The Morgan fingerprint density at radius 3 is 2.46 bits per heavy atom. The Labute approximate surface area is 221 Å². The number of hydrogen-bond acceptors (Lipinski definition) is 7. The topological polar surface area (TPSA) is 96.0 Å². The van der Waals surface area contributed by atoms with Gasteiger partial charge >= 0.3 is 0 Å². The Kier molecular flexibility index (Phi) is 9.00. The molecule has 0 saturated carbocycles. The SMILES string of the molecule is CSC1CCN(Cc2ccc(COc3cccc(C(=O)N(C=O)C4CCC(=O)NC4=O)c3C)cc2)CC1. The van der Waals surface area contributed by atoms with E-state index in [9.17, 15) is 19.2 Å². The minimum Gasteiger partial charge on any atom is -0.489 e. The predicted molar refractivity (Wildman–Crippen MR) is 142 cm³/mol. The van der Waals surface area contributed by atoms with Crippen molar-refractivity contribution >= 4 is 35.9 Å². The summed E-state index contributed by atoms with van der Waals surface area (Å²) in [7, 11) is 0. The summed E-state index contributed by atoms with van der Waals surface area (Å²) in [6.45, 7) is 5.30. The van der Waals surface area contributed by atoms with Crippen LogP contribution >= 0.6 is 11.8 Å². The van der Waals surface area contributed by atoms with Gasteiger partial charge in [0.1, 0.15) is 18.4 Å². The highest BCUT2D eigenvalue weighted by Crippen LogP contribution is 2.26. The van der Waals surface area contributed by atoms with Crippen molar-refractivity contribution in [3.8, 4) is 5.75 Å². The number of hydrogen-bond donors (Lipinski definition) is 1. The number of imide groups is 2. The van der Waals surface area contributed by atoms with E-state index in [-0.39, 0.29) is 18.4 Å². The van der Waals surface area contributed by atoms with Crippen molar-refractivity contribution < 1.29 is 23.9 Å². The first kappa shape index (κ1) is 26.9. The number of carbonyl (C=O) groups is 4. The molecule has 4 rings (SSSR count). The van der Waals surface area contributed by atoms with Crippen LogP contribution in [0.5, 0.6) is 5.75 Å². The highest BCUT2D eigenvalue weighted by Gasteiger charge is 2.35. The van der Waals surface area contributed by atoms with Gasteiger partial charge in [0.05, 0.1) is 0 Å². The van der Waals surface area contributed by atoms with Crippen LogP contribution in [0.4, 0.5) is 0 Å². The molecule has 0 aliphatic carbocycles. The van der Waals surface area contributed by atoms with Gasteiger partial charge in [-0.25, -0.2) is 0 Å². The molecular formula is C28H33N3O5S. The van der Waals surface area contributed by atoms with Gasteiger partial charge in [0.25, 0.3) is 5.91 Å². The van der Waals surface area contributed by atoms with Crippen molar-refractivity contribution in [1.82, 2.24) is 15.1 Å². The van der Waals surface area contributed by atoms with E-state index < -0.39 is 23.8 Å². The second-order valence-electron chi connectivity index (χ2n) is 9.53. The molecule has 0 aromatic heterocycles. The molecule has 2 fully saturated rings. The number of piperidine rings is 2.